The topological polar surface area (TPSA) is 24.9 Å². The number of aromatic nitrogens is 1. The van der Waals surface area contributed by atoms with Crippen LogP contribution >= 0.6 is 0 Å². The summed E-state index contributed by atoms with van der Waals surface area (Å²) in [4.78, 5) is 4.82. The third kappa shape index (κ3) is 2.33. The van der Waals surface area contributed by atoms with Crippen molar-refractivity contribution in [3.63, 3.8) is 0 Å². The van der Waals surface area contributed by atoms with Crippen molar-refractivity contribution in [3.8, 4) is 0 Å². The summed E-state index contributed by atoms with van der Waals surface area (Å²) in [6, 6.07) is 6.61. The first kappa shape index (κ1) is 12.9. The Balaban J connectivity index is 2.76. The molecule has 0 amide bonds. The second-order valence-corrected chi connectivity index (χ2v) is 5.26. The maximum Gasteiger partial charge on any atom is 0.0755 e. The highest BCUT2D eigenvalue weighted by Crippen LogP contribution is 2.29. The van der Waals surface area contributed by atoms with Gasteiger partial charge in [0.05, 0.1) is 5.52 Å². The SMILES string of the molecule is CCNc1cc(C(C)C)nc2c(C)cc(C)cc12. The number of nitrogens with one attached hydrogen (secondary N) is 1. The van der Waals surface area contributed by atoms with Gasteiger partial charge in [0.2, 0.25) is 0 Å². The summed E-state index contributed by atoms with van der Waals surface area (Å²) in [5.41, 5.74) is 6.04. The first-order valence-corrected chi connectivity index (χ1v) is 6.68. The van der Waals surface area contributed by atoms with Crippen LogP contribution in [0.3, 0.4) is 0 Å². The van der Waals surface area contributed by atoms with E-state index in [1.807, 2.05) is 0 Å². The zero-order chi connectivity index (χ0) is 13.3. The quantitative estimate of drug-likeness (QED) is 0.862. The fourth-order valence-corrected chi connectivity index (χ4v) is 2.33. The minimum absolute atomic E-state index is 0.451. The average molecular weight is 242 g/mol. The summed E-state index contributed by atoms with van der Waals surface area (Å²) in [7, 11) is 0. The lowest BCUT2D eigenvalue weighted by Crippen LogP contribution is -2.02. The lowest BCUT2D eigenvalue weighted by atomic mass is 10.0. The Labute approximate surface area is 109 Å². The van der Waals surface area contributed by atoms with Crippen molar-refractivity contribution >= 4 is 16.6 Å². The summed E-state index contributed by atoms with van der Waals surface area (Å²) in [6.45, 7) is 11.7. The molecule has 1 aromatic carbocycles. The van der Waals surface area contributed by atoms with Crippen molar-refractivity contribution in [1.29, 1.82) is 0 Å². The van der Waals surface area contributed by atoms with E-state index in [9.17, 15) is 0 Å². The fourth-order valence-electron chi connectivity index (χ4n) is 2.33. The van der Waals surface area contributed by atoms with Gasteiger partial charge in [-0.25, -0.2) is 0 Å². The molecule has 0 unspecified atom stereocenters. The predicted molar refractivity (Wildman–Crippen MR) is 79.5 cm³/mol. The van der Waals surface area contributed by atoms with E-state index in [2.05, 4.69) is 58.1 Å². The molecule has 0 saturated heterocycles. The van der Waals surface area contributed by atoms with Crippen molar-refractivity contribution in [2.45, 2.75) is 40.5 Å². The highest BCUT2D eigenvalue weighted by molar-refractivity contribution is 5.94. The van der Waals surface area contributed by atoms with E-state index in [0.29, 0.717) is 5.92 Å². The Kier molecular flexibility index (Phi) is 3.55. The molecule has 1 aromatic heterocycles. The lowest BCUT2D eigenvalue weighted by molar-refractivity contribution is 0.829. The van der Waals surface area contributed by atoms with Crippen LogP contribution in [0.1, 0.15) is 43.5 Å². The minimum atomic E-state index is 0.451. The van der Waals surface area contributed by atoms with E-state index in [0.717, 1.165) is 17.8 Å². The van der Waals surface area contributed by atoms with Gasteiger partial charge in [-0.15, -0.1) is 0 Å². The smallest absolute Gasteiger partial charge is 0.0755 e. The van der Waals surface area contributed by atoms with Crippen LogP contribution in [-0.4, -0.2) is 11.5 Å². The average Bonchev–Trinajstić information content (AvgIpc) is 2.29. The van der Waals surface area contributed by atoms with Crippen LogP contribution in [0.2, 0.25) is 0 Å². The van der Waals surface area contributed by atoms with E-state index >= 15 is 0 Å². The number of hydrogen-bond acceptors (Lipinski definition) is 2. The monoisotopic (exact) mass is 242 g/mol. The Bertz CT molecular complexity index is 571. The van der Waals surface area contributed by atoms with E-state index in [1.54, 1.807) is 0 Å². The number of nitrogens with zero attached hydrogens (tertiary/aromatic N) is 1. The highest BCUT2D eigenvalue weighted by atomic mass is 14.9. The molecular formula is C16H22N2. The first-order valence-electron chi connectivity index (χ1n) is 6.68. The van der Waals surface area contributed by atoms with Crippen LogP contribution in [0.15, 0.2) is 18.2 Å². The minimum Gasteiger partial charge on any atom is -0.385 e. The molecule has 2 aromatic rings. The number of rotatable bonds is 3. The number of aryl methyl sites for hydroxylation is 2. The summed E-state index contributed by atoms with van der Waals surface area (Å²) in [5, 5.41) is 4.70. The largest absolute Gasteiger partial charge is 0.385 e. The molecule has 0 bridgehead atoms. The van der Waals surface area contributed by atoms with Gasteiger partial charge in [0.25, 0.3) is 0 Å². The molecule has 0 aliphatic carbocycles. The molecule has 0 spiro atoms. The van der Waals surface area contributed by atoms with E-state index in [1.165, 1.54) is 22.2 Å². The highest BCUT2D eigenvalue weighted by Gasteiger charge is 2.10. The molecule has 96 valence electrons. The van der Waals surface area contributed by atoms with Crippen LogP contribution in [0.25, 0.3) is 10.9 Å². The molecule has 0 aliphatic rings. The Morgan fingerprint density at radius 3 is 2.50 bits per heavy atom. The molecular weight excluding hydrogens is 220 g/mol. The number of fused-ring (bicyclic) bond motifs is 1. The molecule has 0 saturated carbocycles. The van der Waals surface area contributed by atoms with Gasteiger partial charge >= 0.3 is 0 Å². The number of hydrogen-bond donors (Lipinski definition) is 1. The van der Waals surface area contributed by atoms with E-state index in [-0.39, 0.29) is 0 Å². The summed E-state index contributed by atoms with van der Waals surface area (Å²) in [6.07, 6.45) is 0. The third-order valence-electron chi connectivity index (χ3n) is 3.23. The van der Waals surface area contributed by atoms with Crippen molar-refractivity contribution in [3.05, 3.63) is 35.0 Å². The zero-order valence-corrected chi connectivity index (χ0v) is 12.0. The van der Waals surface area contributed by atoms with Gasteiger partial charge in [-0.1, -0.05) is 25.5 Å². The molecule has 0 atom stereocenters. The summed E-state index contributed by atoms with van der Waals surface area (Å²) < 4.78 is 0. The van der Waals surface area contributed by atoms with Crippen LogP contribution < -0.4 is 5.32 Å². The molecule has 0 radical (unpaired) electrons. The Morgan fingerprint density at radius 2 is 1.89 bits per heavy atom. The van der Waals surface area contributed by atoms with Crippen molar-refractivity contribution in [1.82, 2.24) is 4.98 Å². The fraction of sp³-hybridized carbons (Fsp3) is 0.438. The van der Waals surface area contributed by atoms with Gasteiger partial charge in [0.1, 0.15) is 0 Å². The standard InChI is InChI=1S/C16H22N2/c1-6-17-15-9-14(10(2)3)18-16-12(5)7-11(4)8-13(15)16/h7-10H,6H2,1-5H3,(H,17,18). The summed E-state index contributed by atoms with van der Waals surface area (Å²) >= 11 is 0. The molecule has 0 aliphatic heterocycles. The van der Waals surface area contributed by atoms with Crippen LogP contribution in [0, 0.1) is 13.8 Å². The predicted octanol–water partition coefficient (Wildman–Crippen LogP) is 4.41. The van der Waals surface area contributed by atoms with Crippen molar-refractivity contribution in [2.24, 2.45) is 0 Å². The lowest BCUT2D eigenvalue weighted by Gasteiger charge is -2.14. The van der Waals surface area contributed by atoms with Crippen LogP contribution in [0.5, 0.6) is 0 Å². The van der Waals surface area contributed by atoms with Gasteiger partial charge < -0.3 is 5.32 Å². The van der Waals surface area contributed by atoms with Gasteiger partial charge in [-0.2, -0.15) is 0 Å². The van der Waals surface area contributed by atoms with Gasteiger partial charge in [-0.05, 0) is 44.4 Å². The van der Waals surface area contributed by atoms with Gasteiger partial charge in [0, 0.05) is 23.3 Å². The second kappa shape index (κ2) is 4.97. The zero-order valence-electron chi connectivity index (χ0n) is 12.0. The van der Waals surface area contributed by atoms with E-state index in [4.69, 9.17) is 4.98 Å². The number of benzene rings is 1. The first-order chi connectivity index (χ1) is 8.52. The maximum absolute atomic E-state index is 4.82. The normalized spacial score (nSPS) is 11.2. The second-order valence-electron chi connectivity index (χ2n) is 5.26. The van der Waals surface area contributed by atoms with Crippen molar-refractivity contribution < 1.29 is 0 Å². The van der Waals surface area contributed by atoms with Crippen LogP contribution in [0.4, 0.5) is 5.69 Å². The van der Waals surface area contributed by atoms with Gasteiger partial charge in [-0.3, -0.25) is 4.98 Å². The van der Waals surface area contributed by atoms with Crippen LogP contribution in [-0.2, 0) is 0 Å². The molecule has 0 fully saturated rings. The third-order valence-corrected chi connectivity index (χ3v) is 3.23. The van der Waals surface area contributed by atoms with E-state index < -0.39 is 0 Å². The molecule has 1 N–H and O–H groups in total. The molecule has 1 heterocycles. The molecule has 18 heavy (non-hydrogen) atoms. The molecule has 2 rings (SSSR count). The number of pyridine rings is 1. The Hall–Kier alpha value is -1.57. The molecule has 2 nitrogen and oxygen atoms in total. The number of anilines is 1. The van der Waals surface area contributed by atoms with Crippen molar-refractivity contribution in [2.75, 3.05) is 11.9 Å². The maximum atomic E-state index is 4.82. The Morgan fingerprint density at radius 1 is 1.17 bits per heavy atom. The summed E-state index contributed by atoms with van der Waals surface area (Å²) in [5.74, 6) is 0.451. The van der Waals surface area contributed by atoms with Gasteiger partial charge in [0.15, 0.2) is 0 Å². The molecule has 2 heteroatoms.